The van der Waals surface area contributed by atoms with E-state index in [1.165, 1.54) is 5.56 Å². The molecule has 1 aliphatic heterocycles. The minimum Gasteiger partial charge on any atom is -0.496 e. The van der Waals surface area contributed by atoms with Crippen molar-refractivity contribution in [3.05, 3.63) is 45.6 Å². The highest BCUT2D eigenvalue weighted by atomic mass is 79.9. The van der Waals surface area contributed by atoms with Crippen LogP contribution in [0, 0.1) is 6.92 Å². The molecule has 2 rings (SSSR count). The molecule has 0 spiro atoms. The van der Waals surface area contributed by atoms with Crippen molar-refractivity contribution < 1.29 is 4.74 Å². The normalized spacial score (nSPS) is 17.6. The van der Waals surface area contributed by atoms with Gasteiger partial charge in [0.1, 0.15) is 5.76 Å². The number of hydrogen-bond donors (Lipinski definition) is 1. The van der Waals surface area contributed by atoms with Crippen LogP contribution in [0.2, 0.25) is 0 Å². The number of benzene rings is 1. The lowest BCUT2D eigenvalue weighted by Crippen LogP contribution is -2.18. The average molecular weight is 282 g/mol. The third-order valence-corrected chi connectivity index (χ3v) is 3.15. The van der Waals surface area contributed by atoms with Crippen molar-refractivity contribution in [2.24, 2.45) is 5.73 Å². The van der Waals surface area contributed by atoms with Gasteiger partial charge >= 0.3 is 0 Å². The topological polar surface area (TPSA) is 35.2 Å². The van der Waals surface area contributed by atoms with E-state index in [1.807, 2.05) is 0 Å². The zero-order valence-electron chi connectivity index (χ0n) is 9.37. The number of ether oxygens (including phenoxy) is 1. The fraction of sp³-hybridized carbons (Fsp3) is 0.385. The van der Waals surface area contributed by atoms with Gasteiger partial charge in [-0.2, -0.15) is 0 Å². The molecule has 16 heavy (non-hydrogen) atoms. The first-order valence-electron chi connectivity index (χ1n) is 5.52. The van der Waals surface area contributed by atoms with Gasteiger partial charge in [-0.3, -0.25) is 0 Å². The molecule has 1 aliphatic rings. The van der Waals surface area contributed by atoms with Gasteiger partial charge in [0, 0.05) is 4.47 Å². The summed E-state index contributed by atoms with van der Waals surface area (Å²) in [7, 11) is 0. The van der Waals surface area contributed by atoms with Gasteiger partial charge in [0.25, 0.3) is 0 Å². The molecule has 0 fully saturated rings. The zero-order valence-corrected chi connectivity index (χ0v) is 11.0. The second kappa shape index (κ2) is 5.02. The number of aryl methyl sites for hydroxylation is 1. The summed E-state index contributed by atoms with van der Waals surface area (Å²) in [5.41, 5.74) is 8.50. The van der Waals surface area contributed by atoms with E-state index in [1.54, 1.807) is 0 Å². The Bertz CT molecular complexity index is 394. The van der Waals surface area contributed by atoms with E-state index in [0.717, 1.165) is 35.2 Å². The summed E-state index contributed by atoms with van der Waals surface area (Å²) in [5.74, 6) is 0.906. The molecule has 0 amide bonds. The molecule has 86 valence electrons. The van der Waals surface area contributed by atoms with Crippen LogP contribution in [-0.2, 0) is 4.74 Å². The smallest absolute Gasteiger partial charge is 0.113 e. The number of nitrogens with two attached hydrogens (primary N) is 1. The molecule has 1 heterocycles. The van der Waals surface area contributed by atoms with E-state index < -0.39 is 0 Å². The van der Waals surface area contributed by atoms with Crippen molar-refractivity contribution >= 4 is 15.9 Å². The SMILES string of the molecule is Cc1cc(Br)cc(C(N)C2=CCCCO2)c1. The highest BCUT2D eigenvalue weighted by Crippen LogP contribution is 2.26. The van der Waals surface area contributed by atoms with Crippen LogP contribution in [0.5, 0.6) is 0 Å². The van der Waals surface area contributed by atoms with E-state index in [9.17, 15) is 0 Å². The summed E-state index contributed by atoms with van der Waals surface area (Å²) >= 11 is 3.49. The third-order valence-electron chi connectivity index (χ3n) is 2.69. The van der Waals surface area contributed by atoms with Gasteiger partial charge in [-0.1, -0.05) is 22.0 Å². The van der Waals surface area contributed by atoms with Crippen LogP contribution in [0.15, 0.2) is 34.5 Å². The molecule has 0 radical (unpaired) electrons. The maximum Gasteiger partial charge on any atom is 0.113 e. The summed E-state index contributed by atoms with van der Waals surface area (Å²) in [6.45, 7) is 2.85. The molecular formula is C13H16BrNO. The van der Waals surface area contributed by atoms with E-state index in [-0.39, 0.29) is 6.04 Å². The minimum atomic E-state index is -0.142. The highest BCUT2D eigenvalue weighted by molar-refractivity contribution is 9.10. The molecule has 1 aromatic rings. The fourth-order valence-corrected chi connectivity index (χ4v) is 2.53. The molecule has 0 aromatic heterocycles. The molecule has 0 saturated heterocycles. The van der Waals surface area contributed by atoms with Gasteiger partial charge < -0.3 is 10.5 Å². The Hall–Kier alpha value is -0.800. The lowest BCUT2D eigenvalue weighted by Gasteiger charge is -2.21. The first-order chi connectivity index (χ1) is 7.66. The number of halogens is 1. The lowest BCUT2D eigenvalue weighted by molar-refractivity contribution is 0.176. The van der Waals surface area contributed by atoms with E-state index in [4.69, 9.17) is 10.5 Å². The summed E-state index contributed by atoms with van der Waals surface area (Å²) < 4.78 is 6.66. The molecule has 3 heteroatoms. The molecule has 2 nitrogen and oxygen atoms in total. The maximum absolute atomic E-state index is 6.19. The van der Waals surface area contributed by atoms with Crippen LogP contribution in [-0.4, -0.2) is 6.61 Å². The highest BCUT2D eigenvalue weighted by Gasteiger charge is 2.16. The predicted octanol–water partition coefficient (Wildman–Crippen LogP) is 3.45. The lowest BCUT2D eigenvalue weighted by atomic mass is 10.0. The van der Waals surface area contributed by atoms with Crippen LogP contribution in [0.3, 0.4) is 0 Å². The molecule has 1 atom stereocenters. The van der Waals surface area contributed by atoms with Crippen LogP contribution < -0.4 is 5.73 Å². The van der Waals surface area contributed by atoms with Gasteiger partial charge in [-0.05, 0) is 49.1 Å². The second-order valence-corrected chi connectivity index (χ2v) is 5.05. The fourth-order valence-electron chi connectivity index (χ4n) is 1.90. The molecule has 0 saturated carbocycles. The monoisotopic (exact) mass is 281 g/mol. The molecule has 2 N–H and O–H groups in total. The standard InChI is InChI=1S/C13H16BrNO/c1-9-6-10(8-11(14)7-9)13(15)12-4-2-3-5-16-12/h4,6-8,13H,2-3,5,15H2,1H3. The maximum atomic E-state index is 6.19. The van der Waals surface area contributed by atoms with E-state index >= 15 is 0 Å². The quantitative estimate of drug-likeness (QED) is 0.901. The van der Waals surface area contributed by atoms with E-state index in [2.05, 4.69) is 47.1 Å². The Balaban J connectivity index is 2.25. The van der Waals surface area contributed by atoms with Gasteiger partial charge in [0.05, 0.1) is 12.6 Å². The Morgan fingerprint density at radius 3 is 2.81 bits per heavy atom. The molecule has 0 aliphatic carbocycles. The summed E-state index contributed by atoms with van der Waals surface area (Å²) in [5, 5.41) is 0. The number of allylic oxidation sites excluding steroid dienone is 1. The predicted molar refractivity (Wildman–Crippen MR) is 69.1 cm³/mol. The van der Waals surface area contributed by atoms with Gasteiger partial charge in [-0.15, -0.1) is 0 Å². The molecule has 1 unspecified atom stereocenters. The van der Waals surface area contributed by atoms with Crippen molar-refractivity contribution in [1.29, 1.82) is 0 Å². The largest absolute Gasteiger partial charge is 0.496 e. The molecule has 0 bridgehead atoms. The second-order valence-electron chi connectivity index (χ2n) is 4.14. The Labute approximate surface area is 105 Å². The van der Waals surface area contributed by atoms with Gasteiger partial charge in [-0.25, -0.2) is 0 Å². The summed E-state index contributed by atoms with van der Waals surface area (Å²) in [6.07, 6.45) is 4.26. The Morgan fingerprint density at radius 1 is 1.38 bits per heavy atom. The van der Waals surface area contributed by atoms with E-state index in [0.29, 0.717) is 0 Å². The number of hydrogen-bond acceptors (Lipinski definition) is 2. The van der Waals surface area contributed by atoms with Crippen LogP contribution in [0.25, 0.3) is 0 Å². The summed E-state index contributed by atoms with van der Waals surface area (Å²) in [6, 6.07) is 6.09. The first-order valence-corrected chi connectivity index (χ1v) is 6.31. The number of rotatable bonds is 2. The van der Waals surface area contributed by atoms with Crippen molar-refractivity contribution in [2.45, 2.75) is 25.8 Å². The van der Waals surface area contributed by atoms with Crippen molar-refractivity contribution in [2.75, 3.05) is 6.61 Å². The van der Waals surface area contributed by atoms with Crippen molar-refractivity contribution in [3.63, 3.8) is 0 Å². The van der Waals surface area contributed by atoms with Crippen LogP contribution in [0.4, 0.5) is 0 Å². The van der Waals surface area contributed by atoms with Gasteiger partial charge in [0.15, 0.2) is 0 Å². The average Bonchev–Trinajstić information content (AvgIpc) is 2.28. The zero-order chi connectivity index (χ0) is 11.5. The molecule has 1 aromatic carbocycles. The third kappa shape index (κ3) is 2.66. The Kier molecular flexibility index (Phi) is 3.66. The van der Waals surface area contributed by atoms with Crippen molar-refractivity contribution in [1.82, 2.24) is 0 Å². The van der Waals surface area contributed by atoms with Gasteiger partial charge in [0.2, 0.25) is 0 Å². The first kappa shape index (κ1) is 11.7. The van der Waals surface area contributed by atoms with Crippen LogP contribution in [0.1, 0.15) is 30.0 Å². The Morgan fingerprint density at radius 2 is 2.19 bits per heavy atom. The minimum absolute atomic E-state index is 0.142. The van der Waals surface area contributed by atoms with Crippen LogP contribution >= 0.6 is 15.9 Å². The van der Waals surface area contributed by atoms with Crippen molar-refractivity contribution in [3.8, 4) is 0 Å². The summed E-state index contributed by atoms with van der Waals surface area (Å²) in [4.78, 5) is 0. The molecular weight excluding hydrogens is 266 g/mol.